The molecule has 3 nitrogen and oxygen atoms in total. The molecule has 0 saturated heterocycles. The first-order chi connectivity index (χ1) is 12.7. The lowest BCUT2D eigenvalue weighted by atomic mass is 9.68. The van der Waals surface area contributed by atoms with Crippen LogP contribution < -0.4 is 0 Å². The van der Waals surface area contributed by atoms with Crippen molar-refractivity contribution in [2.45, 2.75) is 12.3 Å². The van der Waals surface area contributed by atoms with E-state index in [1.165, 1.54) is 26.8 Å². The lowest BCUT2D eigenvalue weighted by Crippen LogP contribution is -2.40. The highest BCUT2D eigenvalue weighted by Crippen LogP contribution is 2.53. The van der Waals surface area contributed by atoms with Gasteiger partial charge in [0.15, 0.2) is 0 Å². The summed E-state index contributed by atoms with van der Waals surface area (Å²) in [4.78, 5) is 26.7. The van der Waals surface area contributed by atoms with Gasteiger partial charge < -0.3 is 0 Å². The molecule has 1 unspecified atom stereocenters. The van der Waals surface area contributed by atoms with Crippen LogP contribution in [0.15, 0.2) is 54.6 Å². The van der Waals surface area contributed by atoms with Crippen LogP contribution in [0.1, 0.15) is 39.4 Å². The highest BCUT2D eigenvalue weighted by atomic mass is 16.2. The van der Waals surface area contributed by atoms with E-state index in [2.05, 4.69) is 42.5 Å². The summed E-state index contributed by atoms with van der Waals surface area (Å²) in [6.07, 6.45) is 2.82. The fourth-order valence-electron chi connectivity index (χ4n) is 4.96. The maximum Gasteiger partial charge on any atom is 0.261 e. The second kappa shape index (κ2) is 4.50. The molecular formula is C23H15NO2. The lowest BCUT2D eigenvalue weighted by Gasteiger charge is -2.37. The number of nitrogens with zero attached hydrogens (tertiary/aromatic N) is 1. The molecule has 0 spiro atoms. The van der Waals surface area contributed by atoms with Gasteiger partial charge in [-0.15, -0.1) is 0 Å². The Bertz CT molecular complexity index is 1210. The molecule has 0 radical (unpaired) electrons. The topological polar surface area (TPSA) is 37.4 Å². The molecule has 1 aliphatic heterocycles. The van der Waals surface area contributed by atoms with Crippen molar-refractivity contribution in [3.63, 3.8) is 0 Å². The molecule has 3 aromatic carbocycles. The number of rotatable bonds is 0. The van der Waals surface area contributed by atoms with Gasteiger partial charge in [-0.05, 0) is 45.5 Å². The summed E-state index contributed by atoms with van der Waals surface area (Å²) in [5, 5.41) is 2.54. The largest absolute Gasteiger partial charge is 0.277 e. The van der Waals surface area contributed by atoms with E-state index >= 15 is 0 Å². The second-order valence-corrected chi connectivity index (χ2v) is 7.28. The molecule has 124 valence electrons. The van der Waals surface area contributed by atoms with Crippen LogP contribution in [-0.4, -0.2) is 23.8 Å². The number of amides is 2. The first-order valence-corrected chi connectivity index (χ1v) is 8.88. The number of fused-ring (bicyclic) bond motifs is 2. The minimum absolute atomic E-state index is 0.189. The van der Waals surface area contributed by atoms with Crippen molar-refractivity contribution in [2.24, 2.45) is 0 Å². The highest BCUT2D eigenvalue weighted by Gasteiger charge is 2.40. The quantitative estimate of drug-likeness (QED) is 0.572. The van der Waals surface area contributed by atoms with Crippen molar-refractivity contribution < 1.29 is 9.59 Å². The normalized spacial score (nSPS) is 19.5. The van der Waals surface area contributed by atoms with Crippen molar-refractivity contribution in [1.29, 1.82) is 0 Å². The summed E-state index contributed by atoms with van der Waals surface area (Å²) in [6.45, 7) is 0. The number of allylic oxidation sites excluding steroid dienone is 1. The second-order valence-electron chi connectivity index (χ2n) is 7.28. The van der Waals surface area contributed by atoms with Gasteiger partial charge in [-0.25, -0.2) is 0 Å². The van der Waals surface area contributed by atoms with E-state index in [9.17, 15) is 9.59 Å². The van der Waals surface area contributed by atoms with Gasteiger partial charge in [0.05, 0.1) is 0 Å². The van der Waals surface area contributed by atoms with Gasteiger partial charge in [0, 0.05) is 29.7 Å². The Kier molecular flexibility index (Phi) is 2.42. The maximum absolute atomic E-state index is 12.7. The third kappa shape index (κ3) is 1.46. The minimum atomic E-state index is -0.206. The molecule has 0 bridgehead atoms. The summed E-state index contributed by atoms with van der Waals surface area (Å²) >= 11 is 0. The number of carbonyl (C=O) groups is 2. The van der Waals surface area contributed by atoms with Gasteiger partial charge in [-0.3, -0.25) is 14.5 Å². The molecule has 2 aliphatic carbocycles. The molecule has 2 amide bonds. The fourth-order valence-corrected chi connectivity index (χ4v) is 4.96. The molecular weight excluding hydrogens is 322 g/mol. The SMILES string of the molecule is CN1C(=O)C2=CCC3c4c(ccc(c42)C1=O)-c1cccc2cccc3c12. The number of hydrogen-bond donors (Lipinski definition) is 0. The molecule has 3 aliphatic rings. The molecule has 0 fully saturated rings. The third-order valence-corrected chi connectivity index (χ3v) is 6.09. The smallest absolute Gasteiger partial charge is 0.261 e. The van der Waals surface area contributed by atoms with Gasteiger partial charge in [0.2, 0.25) is 0 Å². The van der Waals surface area contributed by atoms with E-state index in [0.717, 1.165) is 23.1 Å². The van der Waals surface area contributed by atoms with Crippen LogP contribution in [0.4, 0.5) is 0 Å². The minimum Gasteiger partial charge on any atom is -0.277 e. The summed E-state index contributed by atoms with van der Waals surface area (Å²) in [5.74, 6) is -0.194. The van der Waals surface area contributed by atoms with Crippen LogP contribution in [0.5, 0.6) is 0 Å². The van der Waals surface area contributed by atoms with Crippen LogP contribution in [0, 0.1) is 0 Å². The van der Waals surface area contributed by atoms with E-state index in [0.29, 0.717) is 11.1 Å². The lowest BCUT2D eigenvalue weighted by molar-refractivity contribution is -0.121. The monoisotopic (exact) mass is 337 g/mol. The average molecular weight is 337 g/mol. The van der Waals surface area contributed by atoms with Crippen LogP contribution >= 0.6 is 0 Å². The van der Waals surface area contributed by atoms with E-state index < -0.39 is 0 Å². The van der Waals surface area contributed by atoms with Gasteiger partial charge >= 0.3 is 0 Å². The van der Waals surface area contributed by atoms with Gasteiger partial charge in [0.1, 0.15) is 0 Å². The molecule has 6 rings (SSSR count). The van der Waals surface area contributed by atoms with Gasteiger partial charge in [-0.2, -0.15) is 0 Å². The Morgan fingerprint density at radius 3 is 2.50 bits per heavy atom. The van der Waals surface area contributed by atoms with E-state index in [-0.39, 0.29) is 17.7 Å². The summed E-state index contributed by atoms with van der Waals surface area (Å²) in [5.41, 5.74) is 7.00. The molecule has 3 aromatic rings. The molecule has 3 heteroatoms. The van der Waals surface area contributed by atoms with Crippen LogP contribution in [0.2, 0.25) is 0 Å². The molecule has 1 atom stereocenters. The first kappa shape index (κ1) is 14.0. The average Bonchev–Trinajstić information content (AvgIpc) is 2.68. The number of hydrogen-bond acceptors (Lipinski definition) is 2. The molecule has 0 saturated carbocycles. The summed E-state index contributed by atoms with van der Waals surface area (Å²) in [6, 6.07) is 16.8. The van der Waals surface area contributed by atoms with Crippen molar-refractivity contribution in [1.82, 2.24) is 4.90 Å². The van der Waals surface area contributed by atoms with Crippen LogP contribution in [0.3, 0.4) is 0 Å². The number of benzene rings is 3. The zero-order valence-electron chi connectivity index (χ0n) is 14.2. The van der Waals surface area contributed by atoms with Crippen molar-refractivity contribution >= 4 is 28.2 Å². The van der Waals surface area contributed by atoms with Crippen molar-refractivity contribution in [3.05, 3.63) is 76.9 Å². The number of likely N-dealkylation sites (N-methyl/N-ethyl adjacent to an activating group) is 1. The maximum atomic E-state index is 12.7. The molecule has 1 heterocycles. The molecule has 0 aromatic heterocycles. The predicted molar refractivity (Wildman–Crippen MR) is 101 cm³/mol. The van der Waals surface area contributed by atoms with Crippen LogP contribution in [0.25, 0.3) is 27.5 Å². The number of imide groups is 1. The van der Waals surface area contributed by atoms with Gasteiger partial charge in [0.25, 0.3) is 11.8 Å². The predicted octanol–water partition coefficient (Wildman–Crippen LogP) is 4.35. The highest BCUT2D eigenvalue weighted by molar-refractivity contribution is 6.32. The van der Waals surface area contributed by atoms with Crippen LogP contribution in [-0.2, 0) is 4.79 Å². The number of carbonyl (C=O) groups excluding carboxylic acids is 2. The fraction of sp³-hybridized carbons (Fsp3) is 0.130. The Balaban J connectivity index is 1.79. The van der Waals surface area contributed by atoms with Crippen molar-refractivity contribution in [3.8, 4) is 11.1 Å². The Morgan fingerprint density at radius 1 is 0.885 bits per heavy atom. The first-order valence-electron chi connectivity index (χ1n) is 8.88. The standard InChI is InChI=1S/C23H15NO2/c1-24-22(25)17-10-8-15-13-6-2-4-12-5-3-7-14(19(12)13)16-9-11-18(23(24)26)21(17)20(15)16/h2-8,10-11,16H,9H2,1H3. The summed E-state index contributed by atoms with van der Waals surface area (Å²) < 4.78 is 0. The molecule has 0 N–H and O–H groups in total. The van der Waals surface area contributed by atoms with Crippen molar-refractivity contribution in [2.75, 3.05) is 7.05 Å². The van der Waals surface area contributed by atoms with E-state index in [1.807, 2.05) is 12.1 Å². The Labute approximate surface area is 150 Å². The Hall–Kier alpha value is -3.20. The molecule has 26 heavy (non-hydrogen) atoms. The van der Waals surface area contributed by atoms with Gasteiger partial charge in [-0.1, -0.05) is 48.5 Å². The van der Waals surface area contributed by atoms with E-state index in [4.69, 9.17) is 0 Å². The summed E-state index contributed by atoms with van der Waals surface area (Å²) in [7, 11) is 1.57. The zero-order chi connectivity index (χ0) is 17.6. The zero-order valence-corrected chi connectivity index (χ0v) is 14.2. The third-order valence-electron chi connectivity index (χ3n) is 6.09. The Morgan fingerprint density at radius 2 is 1.65 bits per heavy atom. The van der Waals surface area contributed by atoms with E-state index in [1.54, 1.807) is 7.05 Å².